The number of benzene rings is 1. The van der Waals surface area contributed by atoms with E-state index < -0.39 is 11.7 Å². The van der Waals surface area contributed by atoms with Gasteiger partial charge in [0.1, 0.15) is 5.82 Å². The normalized spacial score (nSPS) is 14.9. The van der Waals surface area contributed by atoms with Crippen LogP contribution in [0.15, 0.2) is 36.5 Å². The number of halogens is 4. The number of piperidine rings is 1. The molecule has 0 bridgehead atoms. The molecule has 0 saturated carbocycles. The maximum atomic E-state index is 12.8. The van der Waals surface area contributed by atoms with Gasteiger partial charge in [0.25, 0.3) is 5.91 Å². The van der Waals surface area contributed by atoms with Gasteiger partial charge in [0.2, 0.25) is 5.91 Å². The van der Waals surface area contributed by atoms with E-state index in [9.17, 15) is 22.8 Å². The fraction of sp³-hybridized carbons (Fsp3) is 0.381. The Morgan fingerprint density at radius 3 is 2.39 bits per heavy atom. The molecule has 0 radical (unpaired) electrons. The molecule has 166 valence electrons. The summed E-state index contributed by atoms with van der Waals surface area (Å²) >= 11 is 6.02. The van der Waals surface area contributed by atoms with Gasteiger partial charge < -0.3 is 15.5 Å². The van der Waals surface area contributed by atoms with Crippen LogP contribution in [-0.4, -0.2) is 36.9 Å². The Morgan fingerprint density at radius 2 is 1.84 bits per heavy atom. The molecule has 0 unspecified atom stereocenters. The summed E-state index contributed by atoms with van der Waals surface area (Å²) in [4.78, 5) is 29.7. The van der Waals surface area contributed by atoms with E-state index in [1.54, 1.807) is 36.2 Å². The number of nitrogens with zero attached hydrogens (tertiary/aromatic N) is 2. The summed E-state index contributed by atoms with van der Waals surface area (Å²) in [6.45, 7) is 1.29. The molecular formula is C21H22ClF3N4O2. The van der Waals surface area contributed by atoms with Crippen molar-refractivity contribution in [2.45, 2.75) is 25.6 Å². The lowest BCUT2D eigenvalue weighted by Crippen LogP contribution is -2.40. The van der Waals surface area contributed by atoms with Crippen LogP contribution in [0.2, 0.25) is 5.02 Å². The van der Waals surface area contributed by atoms with Crippen molar-refractivity contribution in [2.75, 3.05) is 25.0 Å². The minimum Gasteiger partial charge on any atom is -0.355 e. The van der Waals surface area contributed by atoms with Crippen LogP contribution in [-0.2, 0) is 17.5 Å². The molecule has 1 saturated heterocycles. The smallest absolute Gasteiger partial charge is 0.355 e. The van der Waals surface area contributed by atoms with E-state index in [0.29, 0.717) is 43.9 Å². The first-order valence-corrected chi connectivity index (χ1v) is 10.1. The second-order valence-electron chi connectivity index (χ2n) is 7.28. The van der Waals surface area contributed by atoms with Gasteiger partial charge in [0, 0.05) is 44.4 Å². The molecule has 1 aliphatic heterocycles. The number of rotatable bonds is 5. The van der Waals surface area contributed by atoms with Crippen LogP contribution in [0.5, 0.6) is 0 Å². The molecule has 10 heteroatoms. The first-order chi connectivity index (χ1) is 14.7. The van der Waals surface area contributed by atoms with Crippen LogP contribution in [0.4, 0.5) is 19.0 Å². The molecule has 2 heterocycles. The van der Waals surface area contributed by atoms with E-state index in [2.05, 4.69) is 15.6 Å². The van der Waals surface area contributed by atoms with Crippen molar-refractivity contribution in [3.8, 4) is 0 Å². The highest BCUT2D eigenvalue weighted by Crippen LogP contribution is 2.34. The lowest BCUT2D eigenvalue weighted by Gasteiger charge is -2.32. The average molecular weight is 455 g/mol. The molecule has 1 fully saturated rings. The SMILES string of the molecule is CNC(=O)c1ccc(CNC(=O)C2CCN(c3ncc(C(F)(F)F)cc3Cl)CC2)cc1. The van der Waals surface area contributed by atoms with Gasteiger partial charge in [0.05, 0.1) is 10.6 Å². The molecule has 0 spiro atoms. The molecule has 2 N–H and O–H groups in total. The van der Waals surface area contributed by atoms with Crippen molar-refractivity contribution in [1.82, 2.24) is 15.6 Å². The van der Waals surface area contributed by atoms with Gasteiger partial charge in [-0.15, -0.1) is 0 Å². The maximum Gasteiger partial charge on any atom is 0.417 e. The molecule has 0 aliphatic carbocycles. The summed E-state index contributed by atoms with van der Waals surface area (Å²) in [7, 11) is 1.56. The van der Waals surface area contributed by atoms with Gasteiger partial charge in [-0.3, -0.25) is 9.59 Å². The van der Waals surface area contributed by atoms with Gasteiger partial charge in [0.15, 0.2) is 0 Å². The Morgan fingerprint density at radius 1 is 1.19 bits per heavy atom. The Kier molecular flexibility index (Phi) is 7.04. The number of pyridine rings is 1. The van der Waals surface area contributed by atoms with Crippen LogP contribution >= 0.6 is 11.6 Å². The number of hydrogen-bond donors (Lipinski definition) is 2. The van der Waals surface area contributed by atoms with Crippen LogP contribution in [0.25, 0.3) is 0 Å². The standard InChI is InChI=1S/C21H22ClF3N4O2/c1-26-19(30)14-4-2-13(3-5-14)11-28-20(31)15-6-8-29(9-7-15)18-17(22)10-16(12-27-18)21(23,24)25/h2-5,10,12,15H,6-9,11H2,1H3,(H,26,30)(H,28,31). The molecule has 0 atom stereocenters. The first kappa shape index (κ1) is 22.9. The molecule has 1 aliphatic rings. The lowest BCUT2D eigenvalue weighted by atomic mass is 9.95. The van der Waals surface area contributed by atoms with Crippen LogP contribution in [0.1, 0.15) is 34.3 Å². The van der Waals surface area contributed by atoms with Gasteiger partial charge in [-0.05, 0) is 36.6 Å². The number of amides is 2. The third-order valence-corrected chi connectivity index (χ3v) is 5.50. The predicted octanol–water partition coefficient (Wildman–Crippen LogP) is 3.65. The zero-order valence-electron chi connectivity index (χ0n) is 16.8. The van der Waals surface area contributed by atoms with Crippen molar-refractivity contribution in [2.24, 2.45) is 5.92 Å². The number of hydrogen-bond acceptors (Lipinski definition) is 4. The van der Waals surface area contributed by atoms with Crippen LogP contribution < -0.4 is 15.5 Å². The Labute approximate surface area is 182 Å². The Bertz CT molecular complexity index is 943. The summed E-state index contributed by atoms with van der Waals surface area (Å²) in [6, 6.07) is 7.83. The number of carbonyl (C=O) groups is 2. The molecule has 3 rings (SSSR count). The van der Waals surface area contributed by atoms with E-state index in [1.165, 1.54) is 0 Å². The summed E-state index contributed by atoms with van der Waals surface area (Å²) < 4.78 is 38.3. The monoisotopic (exact) mass is 454 g/mol. The Hall–Kier alpha value is -2.81. The highest BCUT2D eigenvalue weighted by molar-refractivity contribution is 6.33. The zero-order chi connectivity index (χ0) is 22.6. The zero-order valence-corrected chi connectivity index (χ0v) is 17.6. The molecule has 2 aromatic rings. The number of alkyl halides is 3. The molecule has 6 nitrogen and oxygen atoms in total. The van der Waals surface area contributed by atoms with Crippen molar-refractivity contribution >= 4 is 29.2 Å². The molecule has 1 aromatic heterocycles. The highest BCUT2D eigenvalue weighted by Gasteiger charge is 2.33. The molecule has 2 amide bonds. The van der Waals surface area contributed by atoms with Crippen molar-refractivity contribution in [3.05, 3.63) is 58.2 Å². The minimum absolute atomic E-state index is 0.0575. The fourth-order valence-electron chi connectivity index (χ4n) is 3.42. The molecular weight excluding hydrogens is 433 g/mol. The van der Waals surface area contributed by atoms with Crippen molar-refractivity contribution in [1.29, 1.82) is 0 Å². The fourth-order valence-corrected chi connectivity index (χ4v) is 3.71. The summed E-state index contributed by atoms with van der Waals surface area (Å²) in [5.41, 5.74) is 0.526. The van der Waals surface area contributed by atoms with Gasteiger partial charge in [-0.25, -0.2) is 4.98 Å². The third kappa shape index (κ3) is 5.66. The number of nitrogens with one attached hydrogen (secondary N) is 2. The molecule has 31 heavy (non-hydrogen) atoms. The first-order valence-electron chi connectivity index (χ1n) is 9.75. The van der Waals surface area contributed by atoms with Crippen LogP contribution in [0.3, 0.4) is 0 Å². The maximum absolute atomic E-state index is 12.8. The average Bonchev–Trinajstić information content (AvgIpc) is 2.76. The van der Waals surface area contributed by atoms with Gasteiger partial charge in [-0.2, -0.15) is 13.2 Å². The van der Waals surface area contributed by atoms with Crippen molar-refractivity contribution in [3.63, 3.8) is 0 Å². The topological polar surface area (TPSA) is 74.3 Å². The minimum atomic E-state index is -4.50. The largest absolute Gasteiger partial charge is 0.417 e. The van der Waals surface area contributed by atoms with Gasteiger partial charge in [-0.1, -0.05) is 23.7 Å². The van der Waals surface area contributed by atoms with E-state index in [4.69, 9.17) is 11.6 Å². The molecule has 1 aromatic carbocycles. The number of aromatic nitrogens is 1. The second kappa shape index (κ2) is 9.55. The van der Waals surface area contributed by atoms with Crippen LogP contribution in [0, 0.1) is 5.92 Å². The third-order valence-electron chi connectivity index (χ3n) is 5.22. The predicted molar refractivity (Wildman–Crippen MR) is 111 cm³/mol. The quantitative estimate of drug-likeness (QED) is 0.723. The van der Waals surface area contributed by atoms with Gasteiger partial charge >= 0.3 is 6.18 Å². The van der Waals surface area contributed by atoms with E-state index >= 15 is 0 Å². The Balaban J connectivity index is 1.51. The van der Waals surface area contributed by atoms with E-state index in [-0.39, 0.29) is 22.8 Å². The summed E-state index contributed by atoms with van der Waals surface area (Å²) in [6.07, 6.45) is -2.64. The number of carbonyl (C=O) groups excluding carboxylic acids is 2. The van der Waals surface area contributed by atoms with E-state index in [0.717, 1.165) is 17.8 Å². The summed E-state index contributed by atoms with van der Waals surface area (Å²) in [5, 5.41) is 5.39. The highest BCUT2D eigenvalue weighted by atomic mass is 35.5. The number of anilines is 1. The lowest BCUT2D eigenvalue weighted by molar-refractivity contribution is -0.137. The van der Waals surface area contributed by atoms with E-state index in [1.807, 2.05) is 0 Å². The second-order valence-corrected chi connectivity index (χ2v) is 7.69. The summed E-state index contributed by atoms with van der Waals surface area (Å²) in [5.74, 6) is -0.161. The van der Waals surface area contributed by atoms with Crippen molar-refractivity contribution < 1.29 is 22.8 Å².